The van der Waals surface area contributed by atoms with Crippen LogP contribution in [0, 0.1) is 0 Å². The second kappa shape index (κ2) is 10.5. The number of rotatable bonds is 10. The summed E-state index contributed by atoms with van der Waals surface area (Å²) < 4.78 is 16.3. The molecule has 6 heteroatoms. The molecule has 0 saturated carbocycles. The number of carbonyl (C=O) groups excluding carboxylic acids is 3. The van der Waals surface area contributed by atoms with Gasteiger partial charge in [-0.1, -0.05) is 13.2 Å². The quantitative estimate of drug-likeness (QED) is 0.148. The van der Waals surface area contributed by atoms with Crippen LogP contribution in [-0.4, -0.2) is 24.3 Å². The van der Waals surface area contributed by atoms with Gasteiger partial charge in [0.05, 0.1) is 5.56 Å². The number of benzene rings is 3. The Balaban J connectivity index is 1.50. The lowest BCUT2D eigenvalue weighted by molar-refractivity contribution is 0.0734. The second-order valence-electron chi connectivity index (χ2n) is 6.51. The molecule has 0 heterocycles. The monoisotopic (exact) mass is 428 g/mol. The average molecular weight is 428 g/mol. The van der Waals surface area contributed by atoms with Gasteiger partial charge in [0.2, 0.25) is 6.79 Å². The Labute approximate surface area is 185 Å². The summed E-state index contributed by atoms with van der Waals surface area (Å²) in [6, 6.07) is 19.2. The molecule has 0 unspecified atom stereocenters. The van der Waals surface area contributed by atoms with E-state index in [1.807, 2.05) is 0 Å². The van der Waals surface area contributed by atoms with Crippen LogP contribution in [0.15, 0.2) is 98.1 Å². The molecule has 32 heavy (non-hydrogen) atoms. The van der Waals surface area contributed by atoms with Gasteiger partial charge in [-0.15, -0.1) is 0 Å². The van der Waals surface area contributed by atoms with Crippen molar-refractivity contribution in [1.29, 1.82) is 0 Å². The number of allylic oxidation sites excluding steroid dienone is 2. The first-order valence-corrected chi connectivity index (χ1v) is 9.61. The van der Waals surface area contributed by atoms with Crippen molar-refractivity contribution >= 4 is 17.5 Å². The molecule has 0 amide bonds. The Morgan fingerprint density at radius 3 is 1.38 bits per heavy atom. The van der Waals surface area contributed by atoms with Crippen LogP contribution >= 0.6 is 0 Å². The van der Waals surface area contributed by atoms with Gasteiger partial charge in [0.15, 0.2) is 11.6 Å². The van der Waals surface area contributed by atoms with Gasteiger partial charge in [-0.2, -0.15) is 0 Å². The van der Waals surface area contributed by atoms with Crippen molar-refractivity contribution < 1.29 is 28.6 Å². The van der Waals surface area contributed by atoms with Crippen molar-refractivity contribution in [2.45, 2.75) is 0 Å². The van der Waals surface area contributed by atoms with Gasteiger partial charge in [-0.3, -0.25) is 9.59 Å². The number of ketones is 2. The van der Waals surface area contributed by atoms with Crippen LogP contribution < -0.4 is 14.2 Å². The molecule has 3 rings (SSSR count). The highest BCUT2D eigenvalue weighted by atomic mass is 16.7. The fourth-order valence-corrected chi connectivity index (χ4v) is 2.66. The Hall–Kier alpha value is -4.45. The predicted octanol–water partition coefficient (Wildman–Crippen LogP) is 5.06. The van der Waals surface area contributed by atoms with Crippen molar-refractivity contribution in [2.75, 3.05) is 6.79 Å². The lowest BCUT2D eigenvalue weighted by Crippen LogP contribution is -2.09. The highest BCUT2D eigenvalue weighted by molar-refractivity contribution is 6.04. The Morgan fingerprint density at radius 1 is 0.594 bits per heavy atom. The summed E-state index contributed by atoms with van der Waals surface area (Å²) in [6.45, 7) is 6.83. The van der Waals surface area contributed by atoms with Crippen LogP contribution in [-0.2, 0) is 0 Å². The van der Waals surface area contributed by atoms with E-state index in [0.717, 1.165) is 0 Å². The van der Waals surface area contributed by atoms with E-state index in [4.69, 9.17) is 14.2 Å². The van der Waals surface area contributed by atoms with Crippen molar-refractivity contribution in [3.8, 4) is 17.2 Å². The molecule has 0 aliphatic heterocycles. The predicted molar refractivity (Wildman–Crippen MR) is 119 cm³/mol. The van der Waals surface area contributed by atoms with Crippen LogP contribution in [0.4, 0.5) is 0 Å². The summed E-state index contributed by atoms with van der Waals surface area (Å²) in [5.41, 5.74) is 1.33. The normalized spacial score (nSPS) is 10.0. The largest absolute Gasteiger partial charge is 0.458 e. The maximum Gasteiger partial charge on any atom is 0.343 e. The molecule has 160 valence electrons. The molecule has 0 spiro atoms. The van der Waals surface area contributed by atoms with Crippen LogP contribution in [0.3, 0.4) is 0 Å². The van der Waals surface area contributed by atoms with Gasteiger partial charge in [0, 0.05) is 11.1 Å². The first-order valence-electron chi connectivity index (χ1n) is 9.61. The molecular formula is C26H20O6. The molecule has 3 aromatic rings. The van der Waals surface area contributed by atoms with E-state index >= 15 is 0 Å². The molecule has 0 aliphatic rings. The van der Waals surface area contributed by atoms with Gasteiger partial charge in [0.25, 0.3) is 0 Å². The summed E-state index contributed by atoms with van der Waals surface area (Å²) in [6.07, 6.45) is 2.47. The molecule has 0 atom stereocenters. The van der Waals surface area contributed by atoms with Gasteiger partial charge in [-0.25, -0.2) is 4.79 Å². The molecule has 0 aromatic heterocycles. The average Bonchev–Trinajstić information content (AvgIpc) is 2.84. The fourth-order valence-electron chi connectivity index (χ4n) is 2.66. The van der Waals surface area contributed by atoms with E-state index in [1.165, 1.54) is 12.2 Å². The maximum absolute atomic E-state index is 12.3. The van der Waals surface area contributed by atoms with Gasteiger partial charge in [0.1, 0.15) is 17.2 Å². The van der Waals surface area contributed by atoms with Gasteiger partial charge in [-0.05, 0) is 84.9 Å². The Kier molecular flexibility index (Phi) is 7.33. The molecule has 0 fully saturated rings. The first-order chi connectivity index (χ1) is 15.5. The number of hydrogen-bond donors (Lipinski definition) is 0. The van der Waals surface area contributed by atoms with Gasteiger partial charge < -0.3 is 14.2 Å². The van der Waals surface area contributed by atoms with Crippen molar-refractivity contribution in [3.05, 3.63) is 115 Å². The van der Waals surface area contributed by atoms with E-state index in [1.54, 1.807) is 72.8 Å². The SMILES string of the molecule is C=CC(=O)c1ccc(OCOc2ccc(C(=O)Oc3ccc(C(=O)C=C)cc3)cc2)cc1. The van der Waals surface area contributed by atoms with E-state index in [-0.39, 0.29) is 18.4 Å². The number of ether oxygens (including phenoxy) is 3. The zero-order valence-electron chi connectivity index (χ0n) is 17.2. The molecule has 3 aromatic carbocycles. The molecule has 0 radical (unpaired) electrons. The highest BCUT2D eigenvalue weighted by Gasteiger charge is 2.10. The molecule has 0 N–H and O–H groups in total. The zero-order valence-corrected chi connectivity index (χ0v) is 17.2. The van der Waals surface area contributed by atoms with Crippen molar-refractivity contribution in [3.63, 3.8) is 0 Å². The second-order valence-corrected chi connectivity index (χ2v) is 6.51. The minimum absolute atomic E-state index is 0.0473. The highest BCUT2D eigenvalue weighted by Crippen LogP contribution is 2.18. The number of carbonyl (C=O) groups is 3. The smallest absolute Gasteiger partial charge is 0.343 e. The third-order valence-electron chi connectivity index (χ3n) is 4.40. The Morgan fingerprint density at radius 2 is 0.969 bits per heavy atom. The van der Waals surface area contributed by atoms with E-state index in [9.17, 15) is 14.4 Å². The lowest BCUT2D eigenvalue weighted by atomic mass is 10.1. The molecule has 6 nitrogen and oxygen atoms in total. The molecule has 0 aliphatic carbocycles. The van der Waals surface area contributed by atoms with Crippen LogP contribution in [0.25, 0.3) is 0 Å². The van der Waals surface area contributed by atoms with Crippen LogP contribution in [0.1, 0.15) is 31.1 Å². The van der Waals surface area contributed by atoms with E-state index in [2.05, 4.69) is 13.2 Å². The van der Waals surface area contributed by atoms with E-state index in [0.29, 0.717) is 33.9 Å². The minimum Gasteiger partial charge on any atom is -0.458 e. The van der Waals surface area contributed by atoms with Gasteiger partial charge >= 0.3 is 5.97 Å². The zero-order chi connectivity index (χ0) is 22.9. The summed E-state index contributed by atoms with van der Waals surface area (Å²) >= 11 is 0. The standard InChI is InChI=1S/C26H20O6/c1-3-24(27)18-5-11-21(12-6-18)30-17-31-22-13-9-20(10-14-22)26(29)32-23-15-7-19(8-16-23)25(28)4-2/h3-16H,1-2,17H2. The van der Waals surface area contributed by atoms with Crippen LogP contribution in [0.5, 0.6) is 17.2 Å². The summed E-state index contributed by atoms with van der Waals surface area (Å²) in [7, 11) is 0. The third kappa shape index (κ3) is 5.79. The summed E-state index contributed by atoms with van der Waals surface area (Å²) in [4.78, 5) is 35.4. The fraction of sp³-hybridized carbons (Fsp3) is 0.0385. The van der Waals surface area contributed by atoms with Crippen LogP contribution in [0.2, 0.25) is 0 Å². The third-order valence-corrected chi connectivity index (χ3v) is 4.40. The molecular weight excluding hydrogens is 408 g/mol. The number of esters is 1. The first kappa shape index (κ1) is 22.2. The molecule has 0 bridgehead atoms. The van der Waals surface area contributed by atoms with Crippen molar-refractivity contribution in [1.82, 2.24) is 0 Å². The lowest BCUT2D eigenvalue weighted by Gasteiger charge is -2.09. The number of hydrogen-bond acceptors (Lipinski definition) is 6. The topological polar surface area (TPSA) is 78.9 Å². The van der Waals surface area contributed by atoms with E-state index < -0.39 is 5.97 Å². The summed E-state index contributed by atoms with van der Waals surface area (Å²) in [5.74, 6) is 0.474. The molecule has 0 saturated heterocycles. The summed E-state index contributed by atoms with van der Waals surface area (Å²) in [5, 5.41) is 0. The Bertz CT molecular complexity index is 1130. The van der Waals surface area contributed by atoms with Crippen molar-refractivity contribution in [2.24, 2.45) is 0 Å². The minimum atomic E-state index is -0.537. The maximum atomic E-state index is 12.3.